The second-order valence-corrected chi connectivity index (χ2v) is 8.18. The highest BCUT2D eigenvalue weighted by Gasteiger charge is 2.24. The predicted octanol–water partition coefficient (Wildman–Crippen LogP) is 5.80. The third kappa shape index (κ3) is 5.49. The van der Waals surface area contributed by atoms with Gasteiger partial charge in [0.05, 0.1) is 17.8 Å². The van der Waals surface area contributed by atoms with Gasteiger partial charge in [0, 0.05) is 11.9 Å². The summed E-state index contributed by atoms with van der Waals surface area (Å²) >= 11 is 7.66. The Morgan fingerprint density at radius 3 is 2.41 bits per heavy atom. The summed E-state index contributed by atoms with van der Waals surface area (Å²) in [7, 11) is 0. The summed E-state index contributed by atoms with van der Waals surface area (Å²) in [5.41, 5.74) is 1.97. The van der Waals surface area contributed by atoms with Crippen LogP contribution in [0, 0.1) is 5.82 Å². The minimum atomic E-state index is -0.372. The Kier molecular flexibility index (Phi) is 7.09. The summed E-state index contributed by atoms with van der Waals surface area (Å²) in [6.07, 6.45) is 3.06. The summed E-state index contributed by atoms with van der Waals surface area (Å²) in [6, 6.07) is 21.2. The van der Waals surface area contributed by atoms with Gasteiger partial charge < -0.3 is 0 Å². The van der Waals surface area contributed by atoms with Crippen LogP contribution in [0.2, 0.25) is 5.02 Å². The summed E-state index contributed by atoms with van der Waals surface area (Å²) < 4.78 is 13.1. The number of pyridine rings is 1. The van der Waals surface area contributed by atoms with Gasteiger partial charge in [-0.15, -0.1) is 0 Å². The monoisotopic (exact) mass is 464 g/mol. The summed E-state index contributed by atoms with van der Waals surface area (Å²) in [5.74, 6) is 0.367. The van der Waals surface area contributed by atoms with Crippen molar-refractivity contribution in [3.05, 3.63) is 113 Å². The first kappa shape index (κ1) is 21.9. The quantitative estimate of drug-likeness (QED) is 0.255. The first-order valence-corrected chi connectivity index (χ1v) is 11.1. The molecular weight excluding hydrogens is 447 g/mol. The van der Waals surface area contributed by atoms with E-state index >= 15 is 0 Å². The van der Waals surface area contributed by atoms with Crippen molar-refractivity contribution in [3.8, 4) is 0 Å². The van der Waals surface area contributed by atoms with Crippen LogP contribution in [0.5, 0.6) is 0 Å². The molecule has 0 aliphatic carbocycles. The van der Waals surface area contributed by atoms with Gasteiger partial charge in [-0.3, -0.25) is 9.69 Å². The third-order valence-corrected chi connectivity index (χ3v) is 5.77. The van der Waals surface area contributed by atoms with E-state index in [-0.39, 0.29) is 22.4 Å². The van der Waals surface area contributed by atoms with Crippen molar-refractivity contribution in [1.29, 1.82) is 0 Å². The minimum absolute atomic E-state index is 0.102. The lowest BCUT2D eigenvalue weighted by Crippen LogP contribution is -2.32. The zero-order chi connectivity index (χ0) is 22.3. The van der Waals surface area contributed by atoms with Crippen molar-refractivity contribution in [2.75, 3.05) is 4.90 Å². The van der Waals surface area contributed by atoms with Crippen molar-refractivity contribution in [3.63, 3.8) is 0 Å². The van der Waals surface area contributed by atoms with Gasteiger partial charge in [0.15, 0.2) is 10.9 Å². The second-order valence-electron chi connectivity index (χ2n) is 6.83. The smallest absolute Gasteiger partial charge is 0.280 e. The van der Waals surface area contributed by atoms with Crippen molar-refractivity contribution in [2.24, 2.45) is 0 Å². The average molecular weight is 465 g/mol. The maximum Gasteiger partial charge on any atom is 0.280 e. The normalized spacial score (nSPS) is 10.7. The molecule has 0 N–H and O–H groups in total. The van der Waals surface area contributed by atoms with Gasteiger partial charge in [0.2, 0.25) is 0 Å². The number of benzene rings is 2. The molecule has 160 valence electrons. The van der Waals surface area contributed by atoms with Crippen molar-refractivity contribution < 1.29 is 9.18 Å². The first-order chi connectivity index (χ1) is 15.6. The molecule has 2 aromatic carbocycles. The van der Waals surface area contributed by atoms with Crippen LogP contribution < -0.4 is 4.90 Å². The molecule has 32 heavy (non-hydrogen) atoms. The second kappa shape index (κ2) is 10.3. The van der Waals surface area contributed by atoms with Crippen LogP contribution in [0.15, 0.2) is 90.3 Å². The SMILES string of the molecule is O=C(c1nc(SCc2ccc(F)cc2)ncc1Cl)N(Cc1ccccc1)c1ccccn1. The Morgan fingerprint density at radius 1 is 0.938 bits per heavy atom. The number of nitrogens with zero attached hydrogens (tertiary/aromatic N) is 4. The number of anilines is 1. The van der Waals surface area contributed by atoms with E-state index in [4.69, 9.17) is 11.6 Å². The molecule has 4 rings (SSSR count). The highest BCUT2D eigenvalue weighted by Crippen LogP contribution is 2.25. The first-order valence-electron chi connectivity index (χ1n) is 9.77. The topological polar surface area (TPSA) is 59.0 Å². The molecule has 0 aliphatic rings. The average Bonchev–Trinajstić information content (AvgIpc) is 2.84. The lowest BCUT2D eigenvalue weighted by atomic mass is 10.2. The number of rotatable bonds is 7. The van der Waals surface area contributed by atoms with Crippen LogP contribution in [0.25, 0.3) is 0 Å². The fourth-order valence-electron chi connectivity index (χ4n) is 2.96. The molecule has 0 fully saturated rings. The Hall–Kier alpha value is -3.29. The van der Waals surface area contributed by atoms with Crippen LogP contribution in [0.3, 0.4) is 0 Å². The highest BCUT2D eigenvalue weighted by atomic mass is 35.5. The Morgan fingerprint density at radius 2 is 1.69 bits per heavy atom. The molecule has 0 saturated carbocycles. The lowest BCUT2D eigenvalue weighted by molar-refractivity contribution is 0.0978. The number of hydrogen-bond acceptors (Lipinski definition) is 5. The van der Waals surface area contributed by atoms with Crippen LogP contribution in [0.4, 0.5) is 10.2 Å². The van der Waals surface area contributed by atoms with Crippen LogP contribution in [-0.2, 0) is 12.3 Å². The number of carbonyl (C=O) groups is 1. The van der Waals surface area contributed by atoms with E-state index in [2.05, 4.69) is 15.0 Å². The van der Waals surface area contributed by atoms with Gasteiger partial charge in [0.1, 0.15) is 11.6 Å². The van der Waals surface area contributed by atoms with Gasteiger partial charge in [0.25, 0.3) is 5.91 Å². The molecule has 0 radical (unpaired) electrons. The molecule has 0 spiro atoms. The largest absolute Gasteiger partial charge is 0.287 e. The molecule has 5 nitrogen and oxygen atoms in total. The molecular formula is C24H18ClFN4OS. The molecule has 0 saturated heterocycles. The number of carbonyl (C=O) groups excluding carboxylic acids is 1. The third-order valence-electron chi connectivity index (χ3n) is 4.56. The van der Waals surface area contributed by atoms with Crippen molar-refractivity contribution in [2.45, 2.75) is 17.5 Å². The van der Waals surface area contributed by atoms with E-state index in [1.165, 1.54) is 35.0 Å². The van der Waals surface area contributed by atoms with E-state index in [9.17, 15) is 9.18 Å². The molecule has 0 unspecified atom stereocenters. The zero-order valence-corrected chi connectivity index (χ0v) is 18.4. The summed E-state index contributed by atoms with van der Waals surface area (Å²) in [6.45, 7) is 0.315. The lowest BCUT2D eigenvalue weighted by Gasteiger charge is -2.22. The van der Waals surface area contributed by atoms with Gasteiger partial charge in [-0.05, 0) is 35.4 Å². The van der Waals surface area contributed by atoms with Gasteiger partial charge in [-0.1, -0.05) is 71.9 Å². The van der Waals surface area contributed by atoms with E-state index in [0.29, 0.717) is 23.3 Å². The molecule has 0 atom stereocenters. The van der Waals surface area contributed by atoms with E-state index in [0.717, 1.165) is 11.1 Å². The molecule has 4 aromatic rings. The molecule has 0 aliphatic heterocycles. The van der Waals surface area contributed by atoms with Gasteiger partial charge in [-0.25, -0.2) is 19.3 Å². The molecule has 2 aromatic heterocycles. The number of halogens is 2. The van der Waals surface area contributed by atoms with E-state index in [1.807, 2.05) is 36.4 Å². The molecule has 1 amide bonds. The fraction of sp³-hybridized carbons (Fsp3) is 0.0833. The number of aromatic nitrogens is 3. The Bertz CT molecular complexity index is 1190. The number of hydrogen-bond donors (Lipinski definition) is 0. The summed E-state index contributed by atoms with van der Waals surface area (Å²) in [4.78, 5) is 28.0. The Labute approximate surface area is 194 Å². The highest BCUT2D eigenvalue weighted by molar-refractivity contribution is 7.98. The van der Waals surface area contributed by atoms with Gasteiger partial charge >= 0.3 is 0 Å². The van der Waals surface area contributed by atoms with Crippen molar-refractivity contribution >= 4 is 35.1 Å². The van der Waals surface area contributed by atoms with Crippen molar-refractivity contribution in [1.82, 2.24) is 15.0 Å². The van der Waals surface area contributed by atoms with Crippen LogP contribution >= 0.6 is 23.4 Å². The van der Waals surface area contributed by atoms with E-state index in [1.54, 1.807) is 30.5 Å². The van der Waals surface area contributed by atoms with Crippen LogP contribution in [0.1, 0.15) is 21.6 Å². The fourth-order valence-corrected chi connectivity index (χ4v) is 3.91. The maximum absolute atomic E-state index is 13.5. The zero-order valence-electron chi connectivity index (χ0n) is 16.9. The number of amides is 1. The minimum Gasteiger partial charge on any atom is -0.287 e. The molecule has 2 heterocycles. The standard InChI is InChI=1S/C24H18ClFN4OS/c25-20-14-28-24(32-16-18-9-11-19(26)12-10-18)29-22(20)23(31)30(21-8-4-5-13-27-21)15-17-6-2-1-3-7-17/h1-14H,15-16H2. The predicted molar refractivity (Wildman–Crippen MR) is 124 cm³/mol. The van der Waals surface area contributed by atoms with Gasteiger partial charge in [-0.2, -0.15) is 0 Å². The maximum atomic E-state index is 13.5. The number of thioether (sulfide) groups is 1. The molecule has 8 heteroatoms. The Balaban J connectivity index is 1.59. The van der Waals surface area contributed by atoms with E-state index < -0.39 is 0 Å². The molecule has 0 bridgehead atoms. The van der Waals surface area contributed by atoms with Crippen LogP contribution in [-0.4, -0.2) is 20.9 Å². The summed E-state index contributed by atoms with van der Waals surface area (Å²) in [5, 5.41) is 0.567.